The summed E-state index contributed by atoms with van der Waals surface area (Å²) < 4.78 is 20.6. The minimum atomic E-state index is -0.511. The summed E-state index contributed by atoms with van der Waals surface area (Å²) in [4.78, 5) is 23.9. The van der Waals surface area contributed by atoms with Gasteiger partial charge in [-0.1, -0.05) is 145 Å². The van der Waals surface area contributed by atoms with E-state index in [-0.39, 0.29) is 50.8 Å². The third kappa shape index (κ3) is 11.1. The van der Waals surface area contributed by atoms with Gasteiger partial charge in [-0.3, -0.25) is 14.9 Å². The van der Waals surface area contributed by atoms with E-state index in [9.17, 15) is 20.0 Å². The number of fused-ring (bicyclic) bond motifs is 8. The van der Waals surface area contributed by atoms with Gasteiger partial charge in [-0.15, -0.1) is 0 Å². The summed E-state index contributed by atoms with van der Waals surface area (Å²) in [6.07, 6.45) is 3.87. The Hall–Kier alpha value is -5.63. The van der Waals surface area contributed by atoms with Gasteiger partial charge in [0.25, 0.3) is 0 Å². The van der Waals surface area contributed by atoms with Gasteiger partial charge in [-0.2, -0.15) is 0 Å². The molecular weight excluding hydrogens is 811 g/mol. The number of hydrogen-bond acceptors (Lipinski definition) is 7. The van der Waals surface area contributed by atoms with E-state index in [1.807, 2.05) is 0 Å². The molecule has 0 saturated carbocycles. The summed E-state index contributed by atoms with van der Waals surface area (Å²) in [5, 5.41) is 25.2. The van der Waals surface area contributed by atoms with Crippen molar-refractivity contribution in [3.05, 3.63) is 149 Å². The van der Waals surface area contributed by atoms with Crippen LogP contribution in [0.2, 0.25) is 0 Å². The van der Waals surface area contributed by atoms with Gasteiger partial charge < -0.3 is 19.3 Å². The fourth-order valence-corrected chi connectivity index (χ4v) is 8.49. The zero-order valence-corrected chi connectivity index (χ0v) is 41.4. The van der Waals surface area contributed by atoms with Gasteiger partial charge >= 0.3 is 5.69 Å². The molecule has 0 fully saturated rings. The van der Waals surface area contributed by atoms with Gasteiger partial charge in [0.2, 0.25) is 5.75 Å². The van der Waals surface area contributed by atoms with E-state index >= 15 is 0 Å². The number of nitro groups is 1. The lowest BCUT2D eigenvalue weighted by atomic mass is 9.79. The molecule has 1 N–H and O–H groups in total. The molecule has 0 unspecified atom stereocenters. The van der Waals surface area contributed by atoms with Crippen LogP contribution in [0, 0.1) is 10.1 Å². The topological polar surface area (TPSA) is 108 Å². The largest absolute Gasteiger partial charge is 0.507 e. The Balaban J connectivity index is 1.81. The fraction of sp³-hybridized carbons (Fsp3) is 0.456. The number of aromatic hydroxyl groups is 1. The van der Waals surface area contributed by atoms with Crippen molar-refractivity contribution in [1.29, 1.82) is 0 Å². The van der Waals surface area contributed by atoms with E-state index in [0.29, 0.717) is 44.5 Å². The predicted octanol–water partition coefficient (Wildman–Crippen LogP) is 14.3. The van der Waals surface area contributed by atoms with Crippen molar-refractivity contribution in [3.8, 4) is 28.7 Å². The Kier molecular flexibility index (Phi) is 14.0. The second-order valence-corrected chi connectivity index (χ2v) is 22.1. The maximum absolute atomic E-state index is 12.6. The third-order valence-corrected chi connectivity index (χ3v) is 12.4. The number of nitrogens with zero attached hydrogens (tertiary/aromatic N) is 1. The minimum absolute atomic E-state index is 0.0219. The minimum Gasteiger partial charge on any atom is -0.507 e. The van der Waals surface area contributed by atoms with Crippen molar-refractivity contribution in [1.82, 2.24) is 0 Å². The first-order valence-electron chi connectivity index (χ1n) is 23.3. The monoisotopic (exact) mass is 882 g/mol. The first kappa shape index (κ1) is 48.8. The predicted molar refractivity (Wildman–Crippen MR) is 264 cm³/mol. The van der Waals surface area contributed by atoms with Crippen molar-refractivity contribution in [3.63, 3.8) is 0 Å². The highest BCUT2D eigenvalue weighted by Crippen LogP contribution is 2.46. The molecule has 1 aliphatic carbocycles. The number of carbonyl (C=O) groups excluding carboxylic acids is 1. The molecule has 0 saturated heterocycles. The molecule has 1 aliphatic rings. The number of ether oxygens (including phenoxy) is 3. The van der Waals surface area contributed by atoms with Crippen LogP contribution in [0.15, 0.2) is 66.7 Å². The van der Waals surface area contributed by atoms with Crippen molar-refractivity contribution in [2.24, 2.45) is 0 Å². The first-order valence-corrected chi connectivity index (χ1v) is 23.3. The van der Waals surface area contributed by atoms with Crippen LogP contribution in [0.25, 0.3) is 0 Å². The maximum Gasteiger partial charge on any atom is 0.312 e. The Morgan fingerprint density at radius 3 is 1.17 bits per heavy atom. The van der Waals surface area contributed by atoms with Gasteiger partial charge in [0.1, 0.15) is 29.3 Å². The number of hydrogen-bond donors (Lipinski definition) is 1. The van der Waals surface area contributed by atoms with Crippen molar-refractivity contribution >= 4 is 12.0 Å². The molecule has 0 heterocycles. The average molecular weight is 882 g/mol. The maximum atomic E-state index is 12.6. The molecule has 0 radical (unpaired) electrons. The van der Waals surface area contributed by atoms with Crippen molar-refractivity contribution in [2.45, 2.75) is 157 Å². The lowest BCUT2D eigenvalue weighted by molar-refractivity contribution is -0.385. The van der Waals surface area contributed by atoms with Gasteiger partial charge in [0.05, 0.1) is 18.1 Å². The molecule has 8 nitrogen and oxygen atoms in total. The van der Waals surface area contributed by atoms with Crippen LogP contribution in [0.1, 0.15) is 187 Å². The highest BCUT2D eigenvalue weighted by atomic mass is 16.6. The number of aldehydes is 1. The summed E-state index contributed by atoms with van der Waals surface area (Å²) in [6.45, 7) is 31.7. The van der Waals surface area contributed by atoms with Crippen LogP contribution in [0.3, 0.4) is 0 Å². The van der Waals surface area contributed by atoms with E-state index in [0.717, 1.165) is 85.5 Å². The number of benzene rings is 5. The quantitative estimate of drug-likeness (QED) is 0.0829. The van der Waals surface area contributed by atoms with Crippen LogP contribution in [0.5, 0.6) is 28.7 Å². The number of phenols is 1. The zero-order chi connectivity index (χ0) is 47.8. The van der Waals surface area contributed by atoms with Crippen LogP contribution in [-0.2, 0) is 47.3 Å². The van der Waals surface area contributed by atoms with Crippen molar-refractivity contribution in [2.75, 3.05) is 13.2 Å². The van der Waals surface area contributed by atoms with Gasteiger partial charge in [-0.25, -0.2) is 0 Å². The van der Waals surface area contributed by atoms with E-state index < -0.39 is 4.92 Å². The molecular formula is C57H71NO7. The van der Waals surface area contributed by atoms with Crippen LogP contribution >= 0.6 is 0 Å². The summed E-state index contributed by atoms with van der Waals surface area (Å²) in [6, 6.07) is 21.9. The van der Waals surface area contributed by atoms with E-state index in [1.165, 1.54) is 23.8 Å². The second kappa shape index (κ2) is 18.7. The van der Waals surface area contributed by atoms with Crippen LogP contribution < -0.4 is 14.2 Å². The number of nitro benzene ring substituents is 1. The second-order valence-electron chi connectivity index (χ2n) is 22.1. The molecule has 5 aromatic carbocycles. The Labute approximate surface area is 387 Å². The average Bonchev–Trinajstić information content (AvgIpc) is 3.20. The normalized spacial score (nSPS) is 13.3. The SMILES string of the molecule is CCCOc1c2cc(C(C)(C)C)cc1Cc1cc(C(C)(C)C)cc(c1OCCC)Cc1cc(C(C)(C)C)cc(c1Oc1ccc(C=O)cc1[N+](=O)[O-])Cc1cc(C(C)(C)C)cc(c1O)C2. The Bertz CT molecular complexity index is 2590. The molecule has 346 valence electrons. The molecule has 5 aromatic rings. The Morgan fingerprint density at radius 2 is 0.862 bits per heavy atom. The third-order valence-electron chi connectivity index (χ3n) is 12.4. The number of phenolic OH excluding ortho intramolecular Hbond substituents is 1. The molecule has 0 aromatic heterocycles. The standard InChI is InChI=1S/C57H71NO7/c1-15-19-63-51-38-22-36-26-44(54(3,4)5)27-37(50(36)60)23-42-32-47(57(12,13)14)33-43(53(42)65-49-18-17-35(34-59)21-48(49)58(61)62)25-41-31-46(56(9,10)11)30-40(52(41)64-20-16-2)24-39(51)29-45(28-38)55(6,7)8/h17-18,21,26-34,60H,15-16,19-20,22-25H2,1-14H3. The summed E-state index contributed by atoms with van der Waals surface area (Å²) >= 11 is 0. The highest BCUT2D eigenvalue weighted by Gasteiger charge is 2.30. The molecule has 8 bridgehead atoms. The number of carbonyl (C=O) groups is 1. The van der Waals surface area contributed by atoms with Gasteiger partial charge in [0, 0.05) is 37.3 Å². The molecule has 6 rings (SSSR count). The van der Waals surface area contributed by atoms with E-state index in [2.05, 4.69) is 145 Å². The Morgan fingerprint density at radius 1 is 0.538 bits per heavy atom. The van der Waals surface area contributed by atoms with Crippen molar-refractivity contribution < 1.29 is 29.0 Å². The lowest BCUT2D eigenvalue weighted by Crippen LogP contribution is -2.17. The molecule has 0 atom stereocenters. The van der Waals surface area contributed by atoms with E-state index in [1.54, 1.807) is 0 Å². The summed E-state index contributed by atoms with van der Waals surface area (Å²) in [7, 11) is 0. The molecule has 0 spiro atoms. The molecule has 0 amide bonds. The van der Waals surface area contributed by atoms with Crippen LogP contribution in [-0.4, -0.2) is 29.5 Å². The highest BCUT2D eigenvalue weighted by molar-refractivity contribution is 5.77. The van der Waals surface area contributed by atoms with Crippen LogP contribution in [0.4, 0.5) is 5.69 Å². The number of rotatable bonds is 10. The molecule has 0 aliphatic heterocycles. The fourth-order valence-electron chi connectivity index (χ4n) is 8.49. The first-order chi connectivity index (χ1) is 30.3. The summed E-state index contributed by atoms with van der Waals surface area (Å²) in [5.74, 6) is 2.33. The van der Waals surface area contributed by atoms with Gasteiger partial charge in [0.15, 0.2) is 0 Å². The smallest absolute Gasteiger partial charge is 0.312 e. The molecule has 8 heteroatoms. The van der Waals surface area contributed by atoms with Gasteiger partial charge in [-0.05, 0) is 113 Å². The summed E-state index contributed by atoms with van der Waals surface area (Å²) in [5.41, 5.74) is 10.5. The lowest BCUT2D eigenvalue weighted by Gasteiger charge is -2.29. The zero-order valence-electron chi connectivity index (χ0n) is 41.4. The van der Waals surface area contributed by atoms with E-state index in [4.69, 9.17) is 14.2 Å². The molecule has 65 heavy (non-hydrogen) atoms.